The molecule has 5 nitrogen and oxygen atoms in total. The molecule has 1 aliphatic carbocycles. The van der Waals surface area contributed by atoms with Crippen LogP contribution in [0.3, 0.4) is 0 Å². The molecule has 0 aromatic rings. The summed E-state index contributed by atoms with van der Waals surface area (Å²) in [5.41, 5.74) is 0. The lowest BCUT2D eigenvalue weighted by molar-refractivity contribution is -0.127. The van der Waals surface area contributed by atoms with Crippen molar-refractivity contribution in [1.29, 1.82) is 0 Å². The van der Waals surface area contributed by atoms with E-state index in [1.807, 2.05) is 0 Å². The number of carbonyl (C=O) groups excluding carboxylic acids is 2. The van der Waals surface area contributed by atoms with Gasteiger partial charge in [0.25, 0.3) is 0 Å². The number of rotatable bonds is 2. The van der Waals surface area contributed by atoms with E-state index in [1.165, 1.54) is 32.1 Å². The number of nitrogens with zero attached hydrogens (tertiary/aromatic N) is 2. The van der Waals surface area contributed by atoms with Gasteiger partial charge in [0, 0.05) is 37.1 Å². The maximum Gasteiger partial charge on any atom is 0.320 e. The van der Waals surface area contributed by atoms with E-state index in [2.05, 4.69) is 15.1 Å². The van der Waals surface area contributed by atoms with Crippen molar-refractivity contribution >= 4 is 11.9 Å². The molecule has 0 aromatic carbocycles. The van der Waals surface area contributed by atoms with Crippen molar-refractivity contribution in [1.82, 2.24) is 15.1 Å². The molecule has 0 radical (unpaired) electrons. The summed E-state index contributed by atoms with van der Waals surface area (Å²) in [4.78, 5) is 30.0. The summed E-state index contributed by atoms with van der Waals surface area (Å²) in [6.07, 6.45) is 14.7. The molecule has 3 aliphatic heterocycles. The third kappa shape index (κ3) is 3.86. The molecule has 4 rings (SSSR count). The van der Waals surface area contributed by atoms with Crippen molar-refractivity contribution < 1.29 is 9.59 Å². The molecule has 2 bridgehead atoms. The number of amides is 3. The molecular formula is C21H35N3O2. The lowest BCUT2D eigenvalue weighted by atomic mass is 9.81. The molecule has 26 heavy (non-hydrogen) atoms. The second-order valence-electron chi connectivity index (χ2n) is 8.99. The van der Waals surface area contributed by atoms with E-state index >= 15 is 0 Å². The third-order valence-electron chi connectivity index (χ3n) is 7.14. The molecule has 4 aliphatic rings. The van der Waals surface area contributed by atoms with Crippen LogP contribution in [0.15, 0.2) is 0 Å². The third-order valence-corrected chi connectivity index (χ3v) is 7.14. The van der Waals surface area contributed by atoms with Gasteiger partial charge in [0.15, 0.2) is 0 Å². The monoisotopic (exact) mass is 361 g/mol. The molecule has 1 N–H and O–H groups in total. The maximum atomic E-state index is 13.1. The number of urea groups is 1. The molecule has 3 heterocycles. The lowest BCUT2D eigenvalue weighted by Gasteiger charge is -2.50. The molecule has 0 unspecified atom stereocenters. The summed E-state index contributed by atoms with van der Waals surface area (Å²) in [5.74, 6) is 0.514. The predicted molar refractivity (Wildman–Crippen MR) is 102 cm³/mol. The number of fused-ring (bicyclic) bond motifs is 2. The van der Waals surface area contributed by atoms with E-state index in [0.29, 0.717) is 12.1 Å². The van der Waals surface area contributed by atoms with Crippen LogP contribution in [0, 0.1) is 5.92 Å². The second-order valence-corrected chi connectivity index (χ2v) is 8.99. The predicted octanol–water partition coefficient (Wildman–Crippen LogP) is 3.67. The quantitative estimate of drug-likeness (QED) is 0.816. The number of likely N-dealkylation sites (tertiary alicyclic amines) is 1. The molecule has 3 saturated heterocycles. The van der Waals surface area contributed by atoms with E-state index < -0.39 is 0 Å². The van der Waals surface area contributed by atoms with Gasteiger partial charge in [0.1, 0.15) is 0 Å². The van der Waals surface area contributed by atoms with Crippen LogP contribution in [0.1, 0.15) is 83.5 Å². The number of carbonyl (C=O) groups is 2. The van der Waals surface area contributed by atoms with E-state index in [0.717, 1.165) is 64.5 Å². The van der Waals surface area contributed by atoms with E-state index in [4.69, 9.17) is 0 Å². The standard InChI is InChI=1S/C21H35N3O2/c25-20(16-8-3-1-4-9-16)22-17-14-18-10-7-11-19(15-17)24(18)21(26)23-12-5-2-6-13-23/h16-19H,1-15H2,(H,22,25)/t18-,19-/m0/s1. The van der Waals surface area contributed by atoms with Crippen LogP contribution >= 0.6 is 0 Å². The fourth-order valence-corrected chi connectivity index (χ4v) is 5.74. The van der Waals surface area contributed by atoms with Crippen LogP contribution in [-0.4, -0.2) is 53.0 Å². The van der Waals surface area contributed by atoms with Crippen molar-refractivity contribution in [3.8, 4) is 0 Å². The van der Waals surface area contributed by atoms with Gasteiger partial charge in [-0.3, -0.25) is 4.79 Å². The highest BCUT2D eigenvalue weighted by Crippen LogP contribution is 2.35. The van der Waals surface area contributed by atoms with Crippen LogP contribution in [-0.2, 0) is 4.79 Å². The van der Waals surface area contributed by atoms with Crippen LogP contribution in [0.5, 0.6) is 0 Å². The smallest absolute Gasteiger partial charge is 0.320 e. The number of hydrogen-bond donors (Lipinski definition) is 1. The normalized spacial score (nSPS) is 33.0. The van der Waals surface area contributed by atoms with Gasteiger partial charge in [0.2, 0.25) is 5.91 Å². The Labute approximate surface area is 157 Å². The topological polar surface area (TPSA) is 52.7 Å². The summed E-state index contributed by atoms with van der Waals surface area (Å²) in [6, 6.07) is 1.20. The average molecular weight is 362 g/mol. The highest BCUT2D eigenvalue weighted by molar-refractivity contribution is 5.79. The first-order valence-corrected chi connectivity index (χ1v) is 11.1. The van der Waals surface area contributed by atoms with Gasteiger partial charge in [-0.05, 0) is 64.2 Å². The van der Waals surface area contributed by atoms with Gasteiger partial charge in [-0.1, -0.05) is 19.3 Å². The minimum Gasteiger partial charge on any atom is -0.353 e. The zero-order valence-corrected chi connectivity index (χ0v) is 16.1. The fraction of sp³-hybridized carbons (Fsp3) is 0.905. The molecule has 5 heteroatoms. The van der Waals surface area contributed by atoms with Gasteiger partial charge < -0.3 is 15.1 Å². The van der Waals surface area contributed by atoms with Crippen LogP contribution in [0.2, 0.25) is 0 Å². The van der Waals surface area contributed by atoms with Crippen LogP contribution in [0.25, 0.3) is 0 Å². The zero-order chi connectivity index (χ0) is 17.9. The van der Waals surface area contributed by atoms with Crippen molar-refractivity contribution in [2.45, 2.75) is 102 Å². The van der Waals surface area contributed by atoms with Crippen molar-refractivity contribution in [3.63, 3.8) is 0 Å². The van der Waals surface area contributed by atoms with Crippen LogP contribution < -0.4 is 5.32 Å². The Balaban J connectivity index is 1.36. The SMILES string of the molecule is O=C(NC1C[C@@H]2CCC[C@@H](C1)N2C(=O)N1CCCCC1)C1CCCCC1. The molecule has 146 valence electrons. The minimum atomic E-state index is 0.233. The first-order valence-electron chi connectivity index (χ1n) is 11.1. The first kappa shape index (κ1) is 18.1. The van der Waals surface area contributed by atoms with Gasteiger partial charge in [-0.15, -0.1) is 0 Å². The molecule has 0 spiro atoms. The Hall–Kier alpha value is -1.26. The minimum absolute atomic E-state index is 0.233. The summed E-state index contributed by atoms with van der Waals surface area (Å²) < 4.78 is 0. The second kappa shape index (κ2) is 8.18. The Bertz CT molecular complexity index is 497. The highest BCUT2D eigenvalue weighted by Gasteiger charge is 2.43. The largest absolute Gasteiger partial charge is 0.353 e. The maximum absolute atomic E-state index is 13.1. The van der Waals surface area contributed by atoms with Gasteiger partial charge in [0.05, 0.1) is 0 Å². The summed E-state index contributed by atoms with van der Waals surface area (Å²) in [5, 5.41) is 3.37. The van der Waals surface area contributed by atoms with E-state index in [1.54, 1.807) is 0 Å². The summed E-state index contributed by atoms with van der Waals surface area (Å²) in [7, 11) is 0. The summed E-state index contributed by atoms with van der Waals surface area (Å²) in [6.45, 7) is 1.85. The van der Waals surface area contributed by atoms with E-state index in [9.17, 15) is 9.59 Å². The highest BCUT2D eigenvalue weighted by atomic mass is 16.2. The Morgan fingerprint density at radius 1 is 0.731 bits per heavy atom. The van der Waals surface area contributed by atoms with Gasteiger partial charge in [-0.2, -0.15) is 0 Å². The van der Waals surface area contributed by atoms with Crippen molar-refractivity contribution in [3.05, 3.63) is 0 Å². The molecule has 4 fully saturated rings. The van der Waals surface area contributed by atoms with Crippen LogP contribution in [0.4, 0.5) is 4.79 Å². The molecular weight excluding hydrogens is 326 g/mol. The Kier molecular flexibility index (Phi) is 5.70. The zero-order valence-electron chi connectivity index (χ0n) is 16.1. The van der Waals surface area contributed by atoms with Crippen molar-refractivity contribution in [2.75, 3.05) is 13.1 Å². The average Bonchev–Trinajstić information content (AvgIpc) is 2.68. The van der Waals surface area contributed by atoms with Crippen molar-refractivity contribution in [2.24, 2.45) is 5.92 Å². The molecule has 1 saturated carbocycles. The van der Waals surface area contributed by atoms with E-state index in [-0.39, 0.29) is 23.9 Å². The van der Waals surface area contributed by atoms with Gasteiger partial charge >= 0.3 is 6.03 Å². The lowest BCUT2D eigenvalue weighted by Crippen LogP contribution is -2.62. The van der Waals surface area contributed by atoms with Gasteiger partial charge in [-0.25, -0.2) is 4.79 Å². The number of piperidine rings is 3. The Morgan fingerprint density at radius 3 is 2.00 bits per heavy atom. The summed E-state index contributed by atoms with van der Waals surface area (Å²) >= 11 is 0. The molecule has 3 amide bonds. The fourth-order valence-electron chi connectivity index (χ4n) is 5.74. The molecule has 2 atom stereocenters. The number of hydrogen-bond acceptors (Lipinski definition) is 2. The number of nitrogens with one attached hydrogen (secondary N) is 1. The Morgan fingerprint density at radius 2 is 1.35 bits per heavy atom. The molecule has 0 aromatic heterocycles. The first-order chi connectivity index (χ1) is 12.7.